The van der Waals surface area contributed by atoms with Crippen LogP contribution in [0.3, 0.4) is 0 Å². The van der Waals surface area contributed by atoms with E-state index in [9.17, 15) is 10.1 Å². The fourth-order valence-corrected chi connectivity index (χ4v) is 2.69. The molecule has 1 aromatic rings. The molecule has 0 radical (unpaired) electrons. The Bertz CT molecular complexity index is 450. The number of hydrogen-bond acceptors (Lipinski definition) is 3. The second kappa shape index (κ2) is 4.80. The van der Waals surface area contributed by atoms with Crippen LogP contribution < -0.4 is 4.90 Å². The largest absolute Gasteiger partial charge is 0.374 e. The van der Waals surface area contributed by atoms with Gasteiger partial charge in [0.1, 0.15) is 0 Å². The van der Waals surface area contributed by atoms with Gasteiger partial charge in [0, 0.05) is 25.3 Å². The van der Waals surface area contributed by atoms with Gasteiger partial charge in [-0.05, 0) is 53.0 Å². The van der Waals surface area contributed by atoms with E-state index in [4.69, 9.17) is 0 Å². The van der Waals surface area contributed by atoms with Gasteiger partial charge in [-0.1, -0.05) is 6.92 Å². The minimum atomic E-state index is -0.339. The average molecular weight is 346 g/mol. The maximum absolute atomic E-state index is 10.7. The molecule has 1 aromatic carbocycles. The zero-order chi connectivity index (χ0) is 12.6. The molecule has 4 nitrogen and oxygen atoms in total. The highest BCUT2D eigenvalue weighted by molar-refractivity contribution is 14.1. The molecule has 1 aliphatic rings. The normalized spacial score (nSPS) is 22.3. The number of benzene rings is 1. The van der Waals surface area contributed by atoms with Crippen molar-refractivity contribution in [2.75, 3.05) is 18.5 Å². The molecule has 0 saturated heterocycles. The van der Waals surface area contributed by atoms with Crippen LogP contribution in [0.1, 0.15) is 13.3 Å². The average Bonchev–Trinajstić information content (AvgIpc) is 2.93. The quantitative estimate of drug-likeness (QED) is 0.478. The summed E-state index contributed by atoms with van der Waals surface area (Å²) in [5, 5.41) is 10.7. The van der Waals surface area contributed by atoms with Crippen LogP contribution in [0, 0.1) is 25.5 Å². The standard InChI is InChI=1S/C12H15IN2O2/c1-8-5-9(8)7-14(2)10-3-4-12(15(16)17)11(13)6-10/h3-4,6,8-9H,5,7H2,1-2H3. The van der Waals surface area contributed by atoms with Crippen LogP contribution in [0.5, 0.6) is 0 Å². The Morgan fingerprint density at radius 1 is 1.59 bits per heavy atom. The molecular formula is C12H15IN2O2. The van der Waals surface area contributed by atoms with E-state index in [1.165, 1.54) is 6.42 Å². The van der Waals surface area contributed by atoms with Crippen LogP contribution in [0.2, 0.25) is 0 Å². The highest BCUT2D eigenvalue weighted by Crippen LogP contribution is 2.39. The Morgan fingerprint density at radius 3 is 2.71 bits per heavy atom. The molecule has 0 N–H and O–H groups in total. The lowest BCUT2D eigenvalue weighted by Crippen LogP contribution is -2.20. The lowest BCUT2D eigenvalue weighted by atomic mass is 10.2. The molecule has 17 heavy (non-hydrogen) atoms. The van der Waals surface area contributed by atoms with E-state index in [0.717, 1.165) is 24.1 Å². The molecule has 5 heteroatoms. The smallest absolute Gasteiger partial charge is 0.282 e. The first-order valence-corrected chi connectivity index (χ1v) is 6.72. The van der Waals surface area contributed by atoms with Crippen molar-refractivity contribution in [2.45, 2.75) is 13.3 Å². The van der Waals surface area contributed by atoms with Gasteiger partial charge in [0.15, 0.2) is 0 Å². The van der Waals surface area contributed by atoms with Gasteiger partial charge in [0.25, 0.3) is 5.69 Å². The van der Waals surface area contributed by atoms with Gasteiger partial charge in [0.05, 0.1) is 8.49 Å². The van der Waals surface area contributed by atoms with E-state index in [-0.39, 0.29) is 10.6 Å². The maximum Gasteiger partial charge on any atom is 0.282 e. The number of anilines is 1. The molecule has 0 bridgehead atoms. The van der Waals surface area contributed by atoms with Gasteiger partial charge in [0.2, 0.25) is 0 Å². The topological polar surface area (TPSA) is 46.4 Å². The van der Waals surface area contributed by atoms with E-state index in [1.54, 1.807) is 6.07 Å². The van der Waals surface area contributed by atoms with E-state index in [1.807, 2.05) is 41.8 Å². The number of halogens is 1. The summed E-state index contributed by atoms with van der Waals surface area (Å²) in [5.41, 5.74) is 1.24. The molecule has 0 heterocycles. The summed E-state index contributed by atoms with van der Waals surface area (Å²) in [5.74, 6) is 1.61. The van der Waals surface area contributed by atoms with E-state index < -0.39 is 0 Å². The third kappa shape index (κ3) is 2.88. The molecule has 0 aliphatic heterocycles. The predicted octanol–water partition coefficient (Wildman–Crippen LogP) is 3.29. The molecule has 1 saturated carbocycles. The molecule has 1 fully saturated rings. The number of nitrogens with zero attached hydrogens (tertiary/aromatic N) is 2. The Kier molecular flexibility index (Phi) is 3.56. The number of nitro benzene ring substituents is 1. The molecule has 2 atom stereocenters. The number of nitro groups is 1. The van der Waals surface area contributed by atoms with Crippen molar-refractivity contribution in [1.82, 2.24) is 0 Å². The zero-order valence-corrected chi connectivity index (χ0v) is 12.0. The van der Waals surface area contributed by atoms with Crippen LogP contribution in [-0.2, 0) is 0 Å². The van der Waals surface area contributed by atoms with Gasteiger partial charge < -0.3 is 4.90 Å². The molecule has 0 amide bonds. The third-order valence-corrected chi connectivity index (χ3v) is 4.22. The van der Waals surface area contributed by atoms with Crippen molar-refractivity contribution in [3.63, 3.8) is 0 Å². The van der Waals surface area contributed by atoms with Crippen molar-refractivity contribution in [3.8, 4) is 0 Å². The summed E-state index contributed by atoms with van der Waals surface area (Å²) >= 11 is 2.02. The van der Waals surface area contributed by atoms with Crippen LogP contribution in [0.4, 0.5) is 11.4 Å². The lowest BCUT2D eigenvalue weighted by molar-refractivity contribution is -0.385. The van der Waals surface area contributed by atoms with E-state index >= 15 is 0 Å². The Labute approximate surface area is 114 Å². The summed E-state index contributed by atoms with van der Waals surface area (Å²) < 4.78 is 0.695. The van der Waals surface area contributed by atoms with Crippen molar-refractivity contribution in [3.05, 3.63) is 31.9 Å². The van der Waals surface area contributed by atoms with Gasteiger partial charge in [-0.3, -0.25) is 10.1 Å². The molecule has 0 spiro atoms. The number of rotatable bonds is 4. The minimum Gasteiger partial charge on any atom is -0.374 e. The summed E-state index contributed by atoms with van der Waals surface area (Å²) in [7, 11) is 2.04. The molecule has 92 valence electrons. The summed E-state index contributed by atoms with van der Waals surface area (Å²) in [4.78, 5) is 12.6. The first kappa shape index (κ1) is 12.6. The predicted molar refractivity (Wildman–Crippen MR) is 76.4 cm³/mol. The monoisotopic (exact) mass is 346 g/mol. The fourth-order valence-electron chi connectivity index (χ4n) is 1.99. The van der Waals surface area contributed by atoms with Crippen LogP contribution in [0.25, 0.3) is 0 Å². The highest BCUT2D eigenvalue weighted by Gasteiger charge is 2.33. The molecule has 1 aliphatic carbocycles. The van der Waals surface area contributed by atoms with Gasteiger partial charge in [-0.2, -0.15) is 0 Å². The Morgan fingerprint density at radius 2 is 2.24 bits per heavy atom. The second-order valence-corrected chi connectivity index (χ2v) is 5.91. The van der Waals surface area contributed by atoms with Gasteiger partial charge >= 0.3 is 0 Å². The first-order valence-electron chi connectivity index (χ1n) is 5.64. The lowest BCUT2D eigenvalue weighted by Gasteiger charge is -2.19. The minimum absolute atomic E-state index is 0.183. The summed E-state index contributed by atoms with van der Waals surface area (Å²) in [6, 6.07) is 5.29. The zero-order valence-electron chi connectivity index (χ0n) is 9.89. The molecular weight excluding hydrogens is 331 g/mol. The van der Waals surface area contributed by atoms with Crippen LogP contribution >= 0.6 is 22.6 Å². The van der Waals surface area contributed by atoms with E-state index in [0.29, 0.717) is 3.57 Å². The number of hydrogen-bond donors (Lipinski definition) is 0. The van der Waals surface area contributed by atoms with Gasteiger partial charge in [-0.25, -0.2) is 0 Å². The highest BCUT2D eigenvalue weighted by atomic mass is 127. The maximum atomic E-state index is 10.7. The second-order valence-electron chi connectivity index (χ2n) is 4.75. The Balaban J connectivity index is 2.10. The molecule has 2 unspecified atom stereocenters. The van der Waals surface area contributed by atoms with Gasteiger partial charge in [-0.15, -0.1) is 0 Å². The fraction of sp³-hybridized carbons (Fsp3) is 0.500. The SMILES string of the molecule is CC1CC1CN(C)c1ccc([N+](=O)[O-])c(I)c1. The molecule has 2 rings (SSSR count). The van der Waals surface area contributed by atoms with Crippen molar-refractivity contribution < 1.29 is 4.92 Å². The van der Waals surface area contributed by atoms with E-state index in [2.05, 4.69) is 11.8 Å². The summed E-state index contributed by atoms with van der Waals surface area (Å²) in [6.45, 7) is 3.30. The van der Waals surface area contributed by atoms with Crippen molar-refractivity contribution in [2.24, 2.45) is 11.8 Å². The first-order chi connectivity index (χ1) is 7.99. The molecule has 0 aromatic heterocycles. The van der Waals surface area contributed by atoms with Crippen molar-refractivity contribution >= 4 is 34.0 Å². The summed E-state index contributed by atoms with van der Waals surface area (Å²) in [6.07, 6.45) is 1.30. The van der Waals surface area contributed by atoms with Crippen LogP contribution in [0.15, 0.2) is 18.2 Å². The van der Waals surface area contributed by atoms with Crippen molar-refractivity contribution in [1.29, 1.82) is 0 Å². The third-order valence-electron chi connectivity index (χ3n) is 3.35. The van der Waals surface area contributed by atoms with Crippen LogP contribution in [-0.4, -0.2) is 18.5 Å². The Hall–Kier alpha value is -0.850.